The van der Waals surface area contributed by atoms with Gasteiger partial charge in [-0.25, -0.2) is 0 Å². The first kappa shape index (κ1) is 18.1. The number of hydrogen-bond acceptors (Lipinski definition) is 5. The van der Waals surface area contributed by atoms with Crippen LogP contribution in [-0.4, -0.2) is 40.8 Å². The Morgan fingerprint density at radius 2 is 2.00 bits per heavy atom. The van der Waals surface area contributed by atoms with Gasteiger partial charge in [-0.1, -0.05) is 45.0 Å². The number of benzene rings is 1. The summed E-state index contributed by atoms with van der Waals surface area (Å²) in [6.45, 7) is 6.78. The summed E-state index contributed by atoms with van der Waals surface area (Å²) in [5.74, 6) is 0.607. The van der Waals surface area contributed by atoms with Crippen LogP contribution in [0.2, 0.25) is 0 Å². The third-order valence-corrected chi connectivity index (χ3v) is 3.77. The van der Waals surface area contributed by atoms with Gasteiger partial charge in [-0.2, -0.15) is 4.98 Å². The normalized spacial score (nSPS) is 12.9. The van der Waals surface area contributed by atoms with E-state index in [2.05, 4.69) is 53.4 Å². The topological polar surface area (TPSA) is 106 Å². The zero-order valence-electron chi connectivity index (χ0n) is 14.6. The van der Waals surface area contributed by atoms with Gasteiger partial charge in [-0.3, -0.25) is 15.2 Å². The van der Waals surface area contributed by atoms with Crippen LogP contribution in [0, 0.1) is 0 Å². The number of nitrogens with one attached hydrogen (secondary N) is 2. The van der Waals surface area contributed by atoms with Gasteiger partial charge in [0.05, 0.1) is 12.5 Å². The number of H-pyrrole nitrogens is 1. The van der Waals surface area contributed by atoms with Crippen molar-refractivity contribution < 1.29 is 9.53 Å². The summed E-state index contributed by atoms with van der Waals surface area (Å²) in [6.07, 6.45) is -0.148. The third-order valence-electron chi connectivity index (χ3n) is 3.77. The van der Waals surface area contributed by atoms with Crippen molar-refractivity contribution in [1.29, 1.82) is 0 Å². The lowest BCUT2D eigenvalue weighted by Crippen LogP contribution is -2.28. The Hall–Kier alpha value is -2.25. The van der Waals surface area contributed by atoms with Gasteiger partial charge in [-0.15, -0.1) is 5.10 Å². The van der Waals surface area contributed by atoms with Crippen LogP contribution < -0.4 is 11.1 Å². The van der Waals surface area contributed by atoms with E-state index in [9.17, 15) is 4.79 Å². The number of rotatable bonds is 6. The van der Waals surface area contributed by atoms with Crippen LogP contribution in [0.4, 0.5) is 5.95 Å². The number of carbonyl (C=O) groups excluding carboxylic acids is 1. The SMILES string of the molecule is COC(CN)CC(=O)Nc1n[nH]c(-c2ccc(C(C)(C)C)cc2)n1. The maximum Gasteiger partial charge on any atom is 0.249 e. The van der Waals surface area contributed by atoms with E-state index in [1.54, 1.807) is 0 Å². The fourth-order valence-electron chi connectivity index (χ4n) is 2.22. The number of aromatic nitrogens is 3. The summed E-state index contributed by atoms with van der Waals surface area (Å²) >= 11 is 0. The number of methoxy groups -OCH3 is 1. The van der Waals surface area contributed by atoms with E-state index in [4.69, 9.17) is 10.5 Å². The van der Waals surface area contributed by atoms with Gasteiger partial charge in [0.1, 0.15) is 0 Å². The Bertz CT molecular complexity index is 669. The molecule has 0 spiro atoms. The highest BCUT2D eigenvalue weighted by Crippen LogP contribution is 2.25. The maximum atomic E-state index is 11.9. The quantitative estimate of drug-likeness (QED) is 0.751. The first-order valence-electron chi connectivity index (χ1n) is 7.89. The lowest BCUT2D eigenvalue weighted by molar-refractivity contribution is -0.118. The average Bonchev–Trinajstić information content (AvgIpc) is 3.00. The van der Waals surface area contributed by atoms with Gasteiger partial charge >= 0.3 is 0 Å². The number of anilines is 1. The van der Waals surface area contributed by atoms with Crippen molar-refractivity contribution >= 4 is 11.9 Å². The highest BCUT2D eigenvalue weighted by atomic mass is 16.5. The van der Waals surface area contributed by atoms with Crippen LogP contribution in [0.5, 0.6) is 0 Å². The second-order valence-electron chi connectivity index (χ2n) is 6.68. The fourth-order valence-corrected chi connectivity index (χ4v) is 2.22. The predicted molar refractivity (Wildman–Crippen MR) is 93.6 cm³/mol. The Balaban J connectivity index is 2.04. The zero-order chi connectivity index (χ0) is 17.7. The molecular weight excluding hydrogens is 306 g/mol. The first-order chi connectivity index (χ1) is 11.3. The second-order valence-corrected chi connectivity index (χ2v) is 6.68. The lowest BCUT2D eigenvalue weighted by atomic mass is 9.87. The predicted octanol–water partition coefficient (Wildman–Crippen LogP) is 2.07. The number of nitrogens with two attached hydrogens (primary N) is 1. The van der Waals surface area contributed by atoms with Crippen molar-refractivity contribution in [1.82, 2.24) is 15.2 Å². The molecule has 2 aromatic rings. The van der Waals surface area contributed by atoms with Crippen molar-refractivity contribution in [3.63, 3.8) is 0 Å². The van der Waals surface area contributed by atoms with Crippen LogP contribution in [0.3, 0.4) is 0 Å². The standard InChI is InChI=1S/C17H25N5O2/c1-17(2,3)12-7-5-11(6-8-12)15-20-16(22-21-15)19-14(23)9-13(10-18)24-4/h5-8,13H,9-10,18H2,1-4H3,(H2,19,20,21,22,23). The van der Waals surface area contributed by atoms with Gasteiger partial charge in [-0.05, 0) is 11.0 Å². The molecule has 7 heteroatoms. The summed E-state index contributed by atoms with van der Waals surface area (Å²) in [4.78, 5) is 16.2. The van der Waals surface area contributed by atoms with E-state index in [0.717, 1.165) is 5.56 Å². The van der Waals surface area contributed by atoms with E-state index in [1.807, 2.05) is 12.1 Å². The molecule has 0 fully saturated rings. The van der Waals surface area contributed by atoms with Gasteiger partial charge < -0.3 is 10.5 Å². The number of hydrogen-bond donors (Lipinski definition) is 3. The van der Waals surface area contributed by atoms with E-state index < -0.39 is 0 Å². The Labute approximate surface area is 142 Å². The summed E-state index contributed by atoms with van der Waals surface area (Å²) in [5.41, 5.74) is 7.75. The van der Waals surface area contributed by atoms with E-state index in [0.29, 0.717) is 5.82 Å². The van der Waals surface area contributed by atoms with Crippen molar-refractivity contribution in [2.45, 2.75) is 38.7 Å². The number of aromatic amines is 1. The summed E-state index contributed by atoms with van der Waals surface area (Å²) in [7, 11) is 1.52. The highest BCUT2D eigenvalue weighted by Gasteiger charge is 2.15. The van der Waals surface area contributed by atoms with Crippen molar-refractivity contribution in [2.24, 2.45) is 5.73 Å². The Morgan fingerprint density at radius 1 is 1.33 bits per heavy atom. The molecule has 1 amide bonds. The lowest BCUT2D eigenvalue weighted by Gasteiger charge is -2.18. The summed E-state index contributed by atoms with van der Waals surface area (Å²) < 4.78 is 5.09. The molecule has 0 saturated carbocycles. The molecule has 0 radical (unpaired) electrons. The monoisotopic (exact) mass is 331 g/mol. The molecule has 0 aliphatic heterocycles. The van der Waals surface area contributed by atoms with Crippen LogP contribution in [0.15, 0.2) is 24.3 Å². The molecule has 0 bridgehead atoms. The molecule has 1 atom stereocenters. The molecule has 1 heterocycles. The maximum absolute atomic E-state index is 11.9. The number of carbonyl (C=O) groups is 1. The molecule has 0 aliphatic carbocycles. The highest BCUT2D eigenvalue weighted by molar-refractivity contribution is 5.89. The first-order valence-corrected chi connectivity index (χ1v) is 7.89. The zero-order valence-corrected chi connectivity index (χ0v) is 14.6. The van der Waals surface area contributed by atoms with Gasteiger partial charge in [0.2, 0.25) is 11.9 Å². The number of ether oxygens (including phenoxy) is 1. The van der Waals surface area contributed by atoms with Crippen molar-refractivity contribution in [3.05, 3.63) is 29.8 Å². The molecule has 24 heavy (non-hydrogen) atoms. The summed E-state index contributed by atoms with van der Waals surface area (Å²) in [6, 6.07) is 8.12. The van der Waals surface area contributed by atoms with Crippen molar-refractivity contribution in [2.75, 3.05) is 19.0 Å². The molecule has 4 N–H and O–H groups in total. The number of nitrogens with zero attached hydrogens (tertiary/aromatic N) is 2. The minimum atomic E-state index is -0.312. The molecule has 1 unspecified atom stereocenters. The van der Waals surface area contributed by atoms with E-state index in [1.165, 1.54) is 12.7 Å². The minimum absolute atomic E-state index is 0.0972. The molecule has 1 aromatic heterocycles. The Kier molecular flexibility index (Phi) is 5.69. The molecule has 0 saturated heterocycles. The summed E-state index contributed by atoms with van der Waals surface area (Å²) in [5, 5.41) is 9.50. The molecule has 1 aromatic carbocycles. The molecule has 130 valence electrons. The van der Waals surface area contributed by atoms with E-state index >= 15 is 0 Å². The van der Waals surface area contributed by atoms with Gasteiger partial charge in [0.25, 0.3) is 0 Å². The molecule has 2 rings (SSSR count). The van der Waals surface area contributed by atoms with Crippen LogP contribution in [0.1, 0.15) is 32.8 Å². The second kappa shape index (κ2) is 7.55. The van der Waals surface area contributed by atoms with Crippen LogP contribution >= 0.6 is 0 Å². The molecule has 0 aliphatic rings. The largest absolute Gasteiger partial charge is 0.380 e. The van der Waals surface area contributed by atoms with Crippen LogP contribution in [-0.2, 0) is 14.9 Å². The minimum Gasteiger partial charge on any atom is -0.380 e. The van der Waals surface area contributed by atoms with Gasteiger partial charge in [0, 0.05) is 19.2 Å². The third kappa shape index (κ3) is 4.62. The number of amides is 1. The smallest absolute Gasteiger partial charge is 0.249 e. The molecule has 7 nitrogen and oxygen atoms in total. The molecular formula is C17H25N5O2. The van der Waals surface area contributed by atoms with Crippen molar-refractivity contribution in [3.8, 4) is 11.4 Å². The Morgan fingerprint density at radius 3 is 2.54 bits per heavy atom. The van der Waals surface area contributed by atoms with E-state index in [-0.39, 0.29) is 36.3 Å². The fraction of sp³-hybridized carbons (Fsp3) is 0.471. The van der Waals surface area contributed by atoms with Crippen LogP contribution in [0.25, 0.3) is 11.4 Å². The average molecular weight is 331 g/mol. The van der Waals surface area contributed by atoms with Gasteiger partial charge in [0.15, 0.2) is 5.82 Å².